The molecule has 0 saturated heterocycles. The number of para-hydroxylation sites is 1. The fourth-order valence-corrected chi connectivity index (χ4v) is 4.37. The summed E-state index contributed by atoms with van der Waals surface area (Å²) in [6.07, 6.45) is 3.37. The zero-order valence-electron chi connectivity index (χ0n) is 21.1. The molecule has 0 radical (unpaired) electrons. The molecule has 0 unspecified atom stereocenters. The lowest BCUT2D eigenvalue weighted by atomic mass is 10.1. The highest BCUT2D eigenvalue weighted by Gasteiger charge is 2.21. The highest BCUT2D eigenvalue weighted by atomic mass is 19.1. The van der Waals surface area contributed by atoms with Gasteiger partial charge >= 0.3 is 6.03 Å². The Morgan fingerprint density at radius 3 is 2.35 bits per heavy atom. The van der Waals surface area contributed by atoms with Gasteiger partial charge in [0.25, 0.3) is 0 Å². The Labute approximate surface area is 217 Å². The average molecular weight is 501 g/mol. The number of fused-ring (bicyclic) bond motifs is 1. The predicted octanol–water partition coefficient (Wildman–Crippen LogP) is 5.50. The van der Waals surface area contributed by atoms with Crippen molar-refractivity contribution >= 4 is 22.8 Å². The molecule has 0 aliphatic rings. The summed E-state index contributed by atoms with van der Waals surface area (Å²) < 4.78 is 13.5. The van der Waals surface area contributed by atoms with Crippen LogP contribution in [0.2, 0.25) is 0 Å². The van der Waals surface area contributed by atoms with Gasteiger partial charge in [-0.25, -0.2) is 9.18 Å². The summed E-state index contributed by atoms with van der Waals surface area (Å²) in [7, 11) is 0. The summed E-state index contributed by atoms with van der Waals surface area (Å²) >= 11 is 0. The number of urea groups is 1. The molecule has 4 rings (SSSR count). The van der Waals surface area contributed by atoms with Gasteiger partial charge in [0.15, 0.2) is 0 Å². The van der Waals surface area contributed by atoms with Crippen LogP contribution < -0.4 is 5.32 Å². The SMILES string of the molecule is CCCN(CC(=O)N(CCc1c[nH]c2ccccc12)Cc1ccc(F)cc1)C(=O)NCc1ccccc1. The first-order valence-corrected chi connectivity index (χ1v) is 12.7. The topological polar surface area (TPSA) is 68.4 Å². The Bertz CT molecular complexity index is 1300. The minimum atomic E-state index is -0.315. The zero-order valence-corrected chi connectivity index (χ0v) is 21.1. The number of hydrogen-bond donors (Lipinski definition) is 2. The van der Waals surface area contributed by atoms with Crippen LogP contribution >= 0.6 is 0 Å². The molecular weight excluding hydrogens is 467 g/mol. The Morgan fingerprint density at radius 2 is 1.59 bits per heavy atom. The second-order valence-electron chi connectivity index (χ2n) is 9.12. The van der Waals surface area contributed by atoms with Crippen LogP contribution in [0.4, 0.5) is 9.18 Å². The van der Waals surface area contributed by atoms with Crippen molar-refractivity contribution in [2.24, 2.45) is 0 Å². The van der Waals surface area contributed by atoms with Crippen molar-refractivity contribution in [2.45, 2.75) is 32.9 Å². The van der Waals surface area contributed by atoms with E-state index in [2.05, 4.69) is 16.4 Å². The van der Waals surface area contributed by atoms with E-state index >= 15 is 0 Å². The van der Waals surface area contributed by atoms with Crippen LogP contribution in [-0.4, -0.2) is 46.4 Å². The minimum Gasteiger partial charge on any atom is -0.361 e. The quantitative estimate of drug-likeness (QED) is 0.286. The maximum absolute atomic E-state index is 13.5. The molecular formula is C30H33FN4O2. The van der Waals surface area contributed by atoms with E-state index in [-0.39, 0.29) is 24.3 Å². The molecule has 0 atom stereocenters. The molecule has 37 heavy (non-hydrogen) atoms. The van der Waals surface area contributed by atoms with E-state index in [1.165, 1.54) is 12.1 Å². The Kier molecular flexibility index (Phi) is 8.92. The molecule has 2 N–H and O–H groups in total. The first-order valence-electron chi connectivity index (χ1n) is 12.7. The number of halogens is 1. The van der Waals surface area contributed by atoms with Crippen LogP contribution in [0, 0.1) is 5.82 Å². The van der Waals surface area contributed by atoms with Crippen molar-refractivity contribution in [3.8, 4) is 0 Å². The fraction of sp³-hybridized carbons (Fsp3) is 0.267. The highest BCUT2D eigenvalue weighted by molar-refractivity contribution is 5.85. The van der Waals surface area contributed by atoms with Gasteiger partial charge in [0.1, 0.15) is 12.4 Å². The van der Waals surface area contributed by atoms with Crippen LogP contribution in [0.1, 0.15) is 30.0 Å². The van der Waals surface area contributed by atoms with Gasteiger partial charge in [-0.05, 0) is 47.7 Å². The Morgan fingerprint density at radius 1 is 0.865 bits per heavy atom. The van der Waals surface area contributed by atoms with Crippen LogP contribution in [-0.2, 0) is 24.3 Å². The first-order chi connectivity index (χ1) is 18.0. The van der Waals surface area contributed by atoms with E-state index in [0.29, 0.717) is 32.6 Å². The summed E-state index contributed by atoms with van der Waals surface area (Å²) in [6.45, 7) is 3.64. The van der Waals surface area contributed by atoms with Crippen molar-refractivity contribution < 1.29 is 14.0 Å². The second-order valence-corrected chi connectivity index (χ2v) is 9.12. The second kappa shape index (κ2) is 12.7. The highest BCUT2D eigenvalue weighted by Crippen LogP contribution is 2.19. The van der Waals surface area contributed by atoms with Crippen molar-refractivity contribution in [2.75, 3.05) is 19.6 Å². The number of amides is 3. The zero-order chi connectivity index (χ0) is 26.0. The number of nitrogens with one attached hydrogen (secondary N) is 2. The molecule has 1 heterocycles. The monoisotopic (exact) mass is 500 g/mol. The molecule has 0 spiro atoms. The van der Waals surface area contributed by atoms with Gasteiger partial charge in [0, 0.05) is 43.3 Å². The Balaban J connectivity index is 1.46. The van der Waals surface area contributed by atoms with Crippen LogP contribution in [0.3, 0.4) is 0 Å². The number of carbonyl (C=O) groups excluding carboxylic acids is 2. The first kappa shape index (κ1) is 25.9. The standard InChI is InChI=1S/C30H33FN4O2/c1-2-17-35(30(37)33-19-23-8-4-3-5-9-23)22-29(36)34(21-24-12-14-26(31)15-13-24)18-16-25-20-32-28-11-7-6-10-27(25)28/h3-15,20,32H,2,16-19,21-22H2,1H3,(H,33,37). The molecule has 1 aromatic heterocycles. The molecule has 3 aromatic carbocycles. The van der Waals surface area contributed by atoms with Crippen molar-refractivity contribution in [3.05, 3.63) is 108 Å². The minimum absolute atomic E-state index is 0.0243. The number of rotatable bonds is 11. The summed E-state index contributed by atoms with van der Waals surface area (Å²) in [5.74, 6) is -0.461. The van der Waals surface area contributed by atoms with E-state index < -0.39 is 0 Å². The number of carbonyl (C=O) groups is 2. The molecule has 0 saturated carbocycles. The number of nitrogens with zero attached hydrogens (tertiary/aromatic N) is 2. The number of aromatic amines is 1. The van der Waals surface area contributed by atoms with Crippen LogP contribution in [0.15, 0.2) is 85.1 Å². The summed E-state index contributed by atoms with van der Waals surface area (Å²) in [6, 6.07) is 23.7. The van der Waals surface area contributed by atoms with Gasteiger partial charge in [0.05, 0.1) is 0 Å². The van der Waals surface area contributed by atoms with E-state index in [1.54, 1.807) is 21.9 Å². The van der Waals surface area contributed by atoms with Crippen LogP contribution in [0.25, 0.3) is 10.9 Å². The van der Waals surface area contributed by atoms with Crippen LogP contribution in [0.5, 0.6) is 0 Å². The van der Waals surface area contributed by atoms with Gasteiger partial charge in [-0.15, -0.1) is 0 Å². The van der Waals surface area contributed by atoms with Crippen molar-refractivity contribution in [1.29, 1.82) is 0 Å². The normalized spacial score (nSPS) is 10.9. The van der Waals surface area contributed by atoms with E-state index in [4.69, 9.17) is 0 Å². The summed E-state index contributed by atoms with van der Waals surface area (Å²) in [4.78, 5) is 33.1. The summed E-state index contributed by atoms with van der Waals surface area (Å²) in [5.41, 5.74) is 4.01. The smallest absolute Gasteiger partial charge is 0.318 e. The maximum atomic E-state index is 13.5. The predicted molar refractivity (Wildman–Crippen MR) is 144 cm³/mol. The number of H-pyrrole nitrogens is 1. The molecule has 4 aromatic rings. The number of hydrogen-bond acceptors (Lipinski definition) is 2. The lowest BCUT2D eigenvalue weighted by molar-refractivity contribution is -0.132. The maximum Gasteiger partial charge on any atom is 0.318 e. The van der Waals surface area contributed by atoms with Crippen molar-refractivity contribution in [3.63, 3.8) is 0 Å². The molecule has 7 heteroatoms. The lowest BCUT2D eigenvalue weighted by Crippen LogP contribution is -2.47. The molecule has 0 fully saturated rings. The van der Waals surface area contributed by atoms with Gasteiger partial charge < -0.3 is 20.1 Å². The van der Waals surface area contributed by atoms with E-state index in [1.807, 2.05) is 61.7 Å². The van der Waals surface area contributed by atoms with Gasteiger partial charge in [-0.2, -0.15) is 0 Å². The average Bonchev–Trinajstić information content (AvgIpc) is 3.34. The van der Waals surface area contributed by atoms with Gasteiger partial charge in [-0.3, -0.25) is 4.79 Å². The number of aromatic nitrogens is 1. The third-order valence-electron chi connectivity index (χ3n) is 6.36. The van der Waals surface area contributed by atoms with Gasteiger partial charge in [-0.1, -0.05) is 67.6 Å². The fourth-order valence-electron chi connectivity index (χ4n) is 4.37. The van der Waals surface area contributed by atoms with Crippen molar-refractivity contribution in [1.82, 2.24) is 20.1 Å². The molecule has 0 aliphatic carbocycles. The third kappa shape index (κ3) is 7.19. The molecule has 0 aliphatic heterocycles. The van der Waals surface area contributed by atoms with E-state index in [9.17, 15) is 14.0 Å². The lowest BCUT2D eigenvalue weighted by Gasteiger charge is -2.28. The largest absolute Gasteiger partial charge is 0.361 e. The molecule has 192 valence electrons. The number of benzene rings is 3. The third-order valence-corrected chi connectivity index (χ3v) is 6.36. The molecule has 3 amide bonds. The van der Waals surface area contributed by atoms with E-state index in [0.717, 1.165) is 34.0 Å². The van der Waals surface area contributed by atoms with Gasteiger partial charge in [0.2, 0.25) is 5.91 Å². The summed E-state index contributed by atoms with van der Waals surface area (Å²) in [5, 5.41) is 4.06. The Hall–Kier alpha value is -4.13. The molecule has 0 bridgehead atoms. The molecule has 6 nitrogen and oxygen atoms in total.